The molecule has 8 heavy (non-hydrogen) atoms. The van der Waals surface area contributed by atoms with E-state index >= 15 is 0 Å². The van der Waals surface area contributed by atoms with Crippen LogP contribution < -0.4 is 0 Å². The number of pyridine rings is 1. The van der Waals surface area contributed by atoms with Gasteiger partial charge >= 0.3 is 0 Å². The zero-order valence-electron chi connectivity index (χ0n) is 5.89. The molecule has 0 spiro atoms. The highest BCUT2D eigenvalue weighted by Gasteiger charge is 1.81. The second-order valence-electron chi connectivity index (χ2n) is 1.58. The first-order valence-electron chi connectivity index (χ1n) is 3.25. The van der Waals surface area contributed by atoms with Crippen molar-refractivity contribution in [1.82, 2.24) is 4.98 Å². The maximum atomic E-state index is 7.31. The number of nitrogens with zero attached hydrogens (tertiary/aromatic N) is 1. The van der Waals surface area contributed by atoms with Gasteiger partial charge < -0.3 is 0 Å². The van der Waals surface area contributed by atoms with E-state index in [1.54, 1.807) is 18.3 Å². The lowest BCUT2D eigenvalue weighted by Gasteiger charge is -1.88. The Hall–Kier alpha value is -0.850. The van der Waals surface area contributed by atoms with E-state index in [2.05, 4.69) is 4.98 Å². The molecule has 0 fully saturated rings. The molecule has 0 saturated heterocycles. The summed E-state index contributed by atoms with van der Waals surface area (Å²) < 4.78 is 7.31. The van der Waals surface area contributed by atoms with Crippen LogP contribution in [0.1, 0.15) is 14.0 Å². The maximum absolute atomic E-state index is 7.31. The third-order valence-corrected chi connectivity index (χ3v) is 0.997. The van der Waals surface area contributed by atoms with Gasteiger partial charge in [0.1, 0.15) is 0 Å². The molecule has 0 atom stereocenters. The quantitative estimate of drug-likeness (QED) is 0.533. The fourth-order valence-corrected chi connectivity index (χ4v) is 0.551. The molecule has 0 aliphatic rings. The highest BCUT2D eigenvalue weighted by molar-refractivity contribution is 5.02. The number of aromatic nitrogens is 1. The van der Waals surface area contributed by atoms with Gasteiger partial charge in [-0.05, 0) is 18.5 Å². The van der Waals surface area contributed by atoms with Crippen molar-refractivity contribution >= 4 is 0 Å². The van der Waals surface area contributed by atoms with Crippen molar-refractivity contribution in [2.24, 2.45) is 0 Å². The minimum atomic E-state index is 0.542. The van der Waals surface area contributed by atoms with Crippen LogP contribution >= 0.6 is 0 Å². The van der Waals surface area contributed by atoms with Crippen molar-refractivity contribution in [2.75, 3.05) is 0 Å². The molecule has 1 aromatic rings. The fraction of sp³-hybridized carbons (Fsp3) is 0.286. The van der Waals surface area contributed by atoms with E-state index in [1.165, 1.54) is 0 Å². The summed E-state index contributed by atoms with van der Waals surface area (Å²) in [6.45, 7) is 2.00. The van der Waals surface area contributed by atoms with Crippen LogP contribution in [0, 0.1) is 0 Å². The van der Waals surface area contributed by atoms with E-state index in [9.17, 15) is 0 Å². The van der Waals surface area contributed by atoms with Crippen LogP contribution in [0.5, 0.6) is 0 Å². The molecule has 0 saturated carbocycles. The van der Waals surface area contributed by atoms with Crippen molar-refractivity contribution in [3.63, 3.8) is 0 Å². The SMILES string of the molecule is [2H]c1cccnc1CC. The fourth-order valence-electron chi connectivity index (χ4n) is 0.551. The molecule has 0 aliphatic carbocycles. The average molecular weight is 108 g/mol. The Morgan fingerprint density at radius 2 is 2.62 bits per heavy atom. The predicted octanol–water partition coefficient (Wildman–Crippen LogP) is 1.64. The zero-order chi connectivity index (χ0) is 6.69. The second kappa shape index (κ2) is 2.46. The lowest BCUT2D eigenvalue weighted by Crippen LogP contribution is -1.81. The van der Waals surface area contributed by atoms with Gasteiger partial charge in [-0.25, -0.2) is 0 Å². The minimum absolute atomic E-state index is 0.542. The van der Waals surface area contributed by atoms with Crippen molar-refractivity contribution in [3.8, 4) is 0 Å². The largest absolute Gasteiger partial charge is 0.261 e. The zero-order valence-corrected chi connectivity index (χ0v) is 4.89. The molecule has 0 aliphatic heterocycles. The van der Waals surface area contributed by atoms with Gasteiger partial charge in [0.15, 0.2) is 0 Å². The molecule has 1 heteroatoms. The molecule has 0 bridgehead atoms. The number of rotatable bonds is 1. The molecule has 42 valence electrons. The van der Waals surface area contributed by atoms with E-state index in [1.807, 2.05) is 6.92 Å². The van der Waals surface area contributed by atoms with Crippen LogP contribution in [0.2, 0.25) is 0 Å². The van der Waals surface area contributed by atoms with E-state index in [-0.39, 0.29) is 0 Å². The summed E-state index contributed by atoms with van der Waals surface area (Å²) in [6.07, 6.45) is 2.57. The van der Waals surface area contributed by atoms with E-state index in [4.69, 9.17) is 1.37 Å². The van der Waals surface area contributed by atoms with Gasteiger partial charge in [0.25, 0.3) is 0 Å². The van der Waals surface area contributed by atoms with Gasteiger partial charge in [0.05, 0.1) is 1.37 Å². The number of hydrogen-bond donors (Lipinski definition) is 0. The van der Waals surface area contributed by atoms with Crippen LogP contribution in [0.25, 0.3) is 0 Å². The Morgan fingerprint density at radius 1 is 1.75 bits per heavy atom. The molecule has 0 radical (unpaired) electrons. The van der Waals surface area contributed by atoms with Crippen molar-refractivity contribution in [1.29, 1.82) is 0 Å². The van der Waals surface area contributed by atoms with Gasteiger partial charge in [-0.3, -0.25) is 4.98 Å². The minimum Gasteiger partial charge on any atom is -0.261 e. The molecule has 0 amide bonds. The third-order valence-electron chi connectivity index (χ3n) is 0.997. The molecule has 1 aromatic heterocycles. The second-order valence-corrected chi connectivity index (χ2v) is 1.58. The normalized spacial score (nSPS) is 10.9. The standard InChI is InChI=1S/C7H9N/c1-2-7-5-3-4-6-8-7/h3-6H,2H2,1H3/i5D. The van der Waals surface area contributed by atoms with Gasteiger partial charge in [0, 0.05) is 11.9 Å². The molecular formula is C7H9N. The van der Waals surface area contributed by atoms with Crippen LogP contribution in [0.15, 0.2) is 24.4 Å². The number of hydrogen-bond acceptors (Lipinski definition) is 1. The topological polar surface area (TPSA) is 12.9 Å². The molecule has 1 nitrogen and oxygen atoms in total. The summed E-state index contributed by atoms with van der Waals surface area (Å²) in [5, 5.41) is 0. The average Bonchev–Trinajstić information content (AvgIpc) is 1.89. The monoisotopic (exact) mass is 108 g/mol. The first-order valence-corrected chi connectivity index (χ1v) is 2.75. The molecule has 0 unspecified atom stereocenters. The summed E-state index contributed by atoms with van der Waals surface area (Å²) in [6, 6.07) is 4.08. The third kappa shape index (κ3) is 1.06. The van der Waals surface area contributed by atoms with Crippen molar-refractivity contribution < 1.29 is 1.37 Å². The Bertz CT molecular complexity index is 198. The lowest BCUT2D eigenvalue weighted by atomic mass is 10.3. The summed E-state index contributed by atoms with van der Waals surface area (Å²) in [7, 11) is 0. The summed E-state index contributed by atoms with van der Waals surface area (Å²) in [5.41, 5.74) is 0.873. The Kier molecular flexibility index (Phi) is 1.25. The lowest BCUT2D eigenvalue weighted by molar-refractivity contribution is 1.04. The summed E-state index contributed by atoms with van der Waals surface area (Å²) >= 11 is 0. The van der Waals surface area contributed by atoms with Gasteiger partial charge in [-0.15, -0.1) is 0 Å². The highest BCUT2D eigenvalue weighted by atomic mass is 14.6. The van der Waals surface area contributed by atoms with Crippen molar-refractivity contribution in [2.45, 2.75) is 13.3 Å². The molecule has 0 N–H and O–H groups in total. The first kappa shape index (κ1) is 4.07. The molecule has 1 rings (SSSR count). The van der Waals surface area contributed by atoms with Gasteiger partial charge in [-0.1, -0.05) is 13.0 Å². The first-order chi connectivity index (χ1) is 4.34. The molecule has 1 heterocycles. The van der Waals surface area contributed by atoms with E-state index in [0.717, 1.165) is 12.1 Å². The number of aryl methyl sites for hydroxylation is 1. The Morgan fingerprint density at radius 3 is 3.12 bits per heavy atom. The van der Waals surface area contributed by atoms with Crippen LogP contribution in [-0.2, 0) is 6.42 Å². The smallest absolute Gasteiger partial charge is 0.0642 e. The van der Waals surface area contributed by atoms with Crippen molar-refractivity contribution in [3.05, 3.63) is 30.1 Å². The van der Waals surface area contributed by atoms with Gasteiger partial charge in [-0.2, -0.15) is 0 Å². The van der Waals surface area contributed by atoms with E-state index < -0.39 is 0 Å². The molecular weight excluding hydrogens is 98.1 g/mol. The predicted molar refractivity (Wildman–Crippen MR) is 33.6 cm³/mol. The Balaban J connectivity index is 3.01. The van der Waals surface area contributed by atoms with Crippen LogP contribution in [0.4, 0.5) is 0 Å². The highest BCUT2D eigenvalue weighted by Crippen LogP contribution is 1.91. The van der Waals surface area contributed by atoms with E-state index in [0.29, 0.717) is 6.04 Å². The van der Waals surface area contributed by atoms with Crippen LogP contribution in [0.3, 0.4) is 0 Å². The van der Waals surface area contributed by atoms with Crippen LogP contribution in [-0.4, -0.2) is 4.98 Å². The molecule has 0 aromatic carbocycles. The maximum Gasteiger partial charge on any atom is 0.0642 e. The van der Waals surface area contributed by atoms with Gasteiger partial charge in [0.2, 0.25) is 0 Å². The summed E-state index contributed by atoms with van der Waals surface area (Å²) in [4.78, 5) is 4.01. The Labute approximate surface area is 50.8 Å². The summed E-state index contributed by atoms with van der Waals surface area (Å²) in [5.74, 6) is 0.